The molecule has 0 aliphatic heterocycles. The van der Waals surface area contributed by atoms with Crippen molar-refractivity contribution in [1.82, 2.24) is 0 Å². The molecule has 0 bridgehead atoms. The second-order valence-corrected chi connectivity index (χ2v) is 7.52. The first-order chi connectivity index (χ1) is 14.8. The first kappa shape index (κ1) is 18.2. The Kier molecular flexibility index (Phi) is 4.57. The molecular weight excluding hydrogens is 362 g/mol. The number of hydrogen-bond donors (Lipinski definition) is 1. The Balaban J connectivity index is 1.69. The van der Waals surface area contributed by atoms with Crippen molar-refractivity contribution < 1.29 is 0 Å². The Morgan fingerprint density at radius 1 is 0.633 bits per heavy atom. The Bertz CT molecular complexity index is 1440. The van der Waals surface area contributed by atoms with Crippen molar-refractivity contribution >= 4 is 55.8 Å². The summed E-state index contributed by atoms with van der Waals surface area (Å²) < 4.78 is 0. The van der Waals surface area contributed by atoms with Crippen molar-refractivity contribution in [2.24, 2.45) is 0 Å². The molecule has 5 aromatic carbocycles. The third-order valence-electron chi connectivity index (χ3n) is 5.68. The predicted molar refractivity (Wildman–Crippen MR) is 133 cm³/mol. The van der Waals surface area contributed by atoms with E-state index in [0.717, 1.165) is 11.4 Å². The normalized spacial score (nSPS) is 11.5. The molecule has 5 rings (SSSR count). The minimum absolute atomic E-state index is 1.08. The minimum Gasteiger partial charge on any atom is -0.355 e. The van der Waals surface area contributed by atoms with Crippen molar-refractivity contribution in [1.29, 1.82) is 0 Å². The van der Waals surface area contributed by atoms with E-state index in [1.807, 2.05) is 6.08 Å². The van der Waals surface area contributed by atoms with Crippen LogP contribution in [0.5, 0.6) is 0 Å². The number of fused-ring (bicyclic) bond motifs is 4. The van der Waals surface area contributed by atoms with Crippen LogP contribution in [-0.2, 0) is 0 Å². The molecule has 1 nitrogen and oxygen atoms in total. The standard InChI is InChI=1S/C29H23N/c1-3-9-25-24(4-2)26-12-7-8-13-27(26)28-17-16-23(19-29(25)28)30-22-15-14-20-10-5-6-11-21(20)18-22/h3-19,30H,2H2,1H3/b9-3-. The summed E-state index contributed by atoms with van der Waals surface area (Å²) in [6.07, 6.45) is 6.26. The number of hydrogen-bond acceptors (Lipinski definition) is 1. The van der Waals surface area contributed by atoms with Crippen LogP contribution in [0.1, 0.15) is 18.1 Å². The number of rotatable bonds is 4. The fraction of sp³-hybridized carbons (Fsp3) is 0.0345. The predicted octanol–water partition coefficient (Wildman–Crippen LogP) is 8.57. The van der Waals surface area contributed by atoms with Crippen LogP contribution in [0, 0.1) is 0 Å². The van der Waals surface area contributed by atoms with E-state index in [2.05, 4.69) is 116 Å². The molecule has 0 aromatic heterocycles. The fourth-order valence-corrected chi connectivity index (χ4v) is 4.32. The molecule has 0 saturated heterocycles. The maximum atomic E-state index is 4.10. The Morgan fingerprint density at radius 2 is 1.30 bits per heavy atom. The van der Waals surface area contributed by atoms with E-state index in [-0.39, 0.29) is 0 Å². The van der Waals surface area contributed by atoms with Crippen molar-refractivity contribution in [3.63, 3.8) is 0 Å². The van der Waals surface area contributed by atoms with E-state index in [1.165, 1.54) is 43.4 Å². The van der Waals surface area contributed by atoms with E-state index in [0.29, 0.717) is 0 Å². The van der Waals surface area contributed by atoms with E-state index >= 15 is 0 Å². The molecule has 0 radical (unpaired) electrons. The first-order valence-electron chi connectivity index (χ1n) is 10.3. The molecule has 0 fully saturated rings. The minimum atomic E-state index is 1.08. The molecule has 5 aromatic rings. The van der Waals surface area contributed by atoms with Gasteiger partial charge in [0.05, 0.1) is 0 Å². The van der Waals surface area contributed by atoms with Crippen molar-refractivity contribution in [2.45, 2.75) is 6.92 Å². The molecule has 0 spiro atoms. The van der Waals surface area contributed by atoms with Crippen molar-refractivity contribution in [3.8, 4) is 0 Å². The Labute approximate surface area is 177 Å². The lowest BCUT2D eigenvalue weighted by atomic mass is 9.91. The van der Waals surface area contributed by atoms with Gasteiger partial charge in [-0.25, -0.2) is 0 Å². The van der Waals surface area contributed by atoms with Crippen LogP contribution in [0.15, 0.2) is 97.6 Å². The van der Waals surface area contributed by atoms with Crippen LogP contribution in [0.2, 0.25) is 0 Å². The highest BCUT2D eigenvalue weighted by molar-refractivity contribution is 6.15. The topological polar surface area (TPSA) is 12.0 Å². The number of benzene rings is 5. The van der Waals surface area contributed by atoms with Gasteiger partial charge in [-0.05, 0) is 74.6 Å². The summed E-state index contributed by atoms with van der Waals surface area (Å²) in [7, 11) is 0. The van der Waals surface area contributed by atoms with Gasteiger partial charge in [0, 0.05) is 11.4 Å². The lowest BCUT2D eigenvalue weighted by Gasteiger charge is -2.15. The van der Waals surface area contributed by atoms with Gasteiger partial charge in [0.2, 0.25) is 0 Å². The van der Waals surface area contributed by atoms with Gasteiger partial charge >= 0.3 is 0 Å². The number of nitrogens with one attached hydrogen (secondary N) is 1. The molecule has 0 aliphatic rings. The molecule has 144 valence electrons. The average molecular weight is 386 g/mol. The Morgan fingerprint density at radius 3 is 2.10 bits per heavy atom. The van der Waals surface area contributed by atoms with Crippen LogP contribution in [-0.4, -0.2) is 0 Å². The van der Waals surface area contributed by atoms with E-state index in [4.69, 9.17) is 0 Å². The van der Waals surface area contributed by atoms with Gasteiger partial charge in [0.1, 0.15) is 0 Å². The van der Waals surface area contributed by atoms with E-state index < -0.39 is 0 Å². The lowest BCUT2D eigenvalue weighted by Crippen LogP contribution is -1.93. The number of allylic oxidation sites excluding steroid dienone is 1. The highest BCUT2D eigenvalue weighted by Gasteiger charge is 2.11. The second kappa shape index (κ2) is 7.53. The quantitative estimate of drug-likeness (QED) is 0.305. The van der Waals surface area contributed by atoms with Gasteiger partial charge in [-0.3, -0.25) is 0 Å². The molecule has 0 amide bonds. The highest BCUT2D eigenvalue weighted by Crippen LogP contribution is 2.36. The molecule has 0 aliphatic carbocycles. The molecule has 0 atom stereocenters. The monoisotopic (exact) mass is 385 g/mol. The zero-order valence-corrected chi connectivity index (χ0v) is 17.0. The third-order valence-corrected chi connectivity index (χ3v) is 5.68. The summed E-state index contributed by atoms with van der Waals surface area (Å²) in [5.74, 6) is 0. The molecule has 0 heterocycles. The number of anilines is 2. The SMILES string of the molecule is C=Cc1c(/C=C\C)c2cc(Nc3ccc4ccccc4c3)ccc2c2ccccc12. The molecule has 30 heavy (non-hydrogen) atoms. The smallest absolute Gasteiger partial charge is 0.0390 e. The second-order valence-electron chi connectivity index (χ2n) is 7.52. The summed E-state index contributed by atoms with van der Waals surface area (Å²) in [5.41, 5.74) is 4.56. The molecular formula is C29H23N. The van der Waals surface area contributed by atoms with Gasteiger partial charge in [0.25, 0.3) is 0 Å². The zero-order chi connectivity index (χ0) is 20.5. The lowest BCUT2D eigenvalue weighted by molar-refractivity contribution is 1.58. The largest absolute Gasteiger partial charge is 0.355 e. The molecule has 0 saturated carbocycles. The highest BCUT2D eigenvalue weighted by atomic mass is 14.9. The summed E-state index contributed by atoms with van der Waals surface area (Å²) in [5, 5.41) is 11.1. The zero-order valence-electron chi connectivity index (χ0n) is 17.0. The Hall–Kier alpha value is -3.84. The summed E-state index contributed by atoms with van der Waals surface area (Å²) >= 11 is 0. The van der Waals surface area contributed by atoms with E-state index in [1.54, 1.807) is 0 Å². The third kappa shape index (κ3) is 3.05. The molecule has 1 N–H and O–H groups in total. The van der Waals surface area contributed by atoms with Gasteiger partial charge in [0.15, 0.2) is 0 Å². The van der Waals surface area contributed by atoms with Crippen LogP contribution in [0.25, 0.3) is 44.5 Å². The van der Waals surface area contributed by atoms with Gasteiger partial charge in [-0.1, -0.05) is 85.5 Å². The summed E-state index contributed by atoms with van der Waals surface area (Å²) in [4.78, 5) is 0. The average Bonchev–Trinajstić information content (AvgIpc) is 2.79. The van der Waals surface area contributed by atoms with Gasteiger partial charge in [-0.2, -0.15) is 0 Å². The van der Waals surface area contributed by atoms with E-state index in [9.17, 15) is 0 Å². The maximum absolute atomic E-state index is 4.10. The summed E-state index contributed by atoms with van der Waals surface area (Å²) in [6, 6.07) is 30.1. The van der Waals surface area contributed by atoms with Crippen LogP contribution < -0.4 is 5.32 Å². The van der Waals surface area contributed by atoms with Gasteiger partial charge < -0.3 is 5.32 Å². The van der Waals surface area contributed by atoms with Crippen LogP contribution in [0.3, 0.4) is 0 Å². The van der Waals surface area contributed by atoms with Gasteiger partial charge in [-0.15, -0.1) is 0 Å². The van der Waals surface area contributed by atoms with Crippen molar-refractivity contribution in [2.75, 3.05) is 5.32 Å². The van der Waals surface area contributed by atoms with Crippen LogP contribution >= 0.6 is 0 Å². The first-order valence-corrected chi connectivity index (χ1v) is 10.3. The van der Waals surface area contributed by atoms with Crippen molar-refractivity contribution in [3.05, 3.63) is 109 Å². The molecule has 1 heteroatoms. The van der Waals surface area contributed by atoms with Crippen LogP contribution in [0.4, 0.5) is 11.4 Å². The maximum Gasteiger partial charge on any atom is 0.0390 e. The summed E-state index contributed by atoms with van der Waals surface area (Å²) in [6.45, 7) is 6.16. The molecule has 0 unspecified atom stereocenters. The fourth-order valence-electron chi connectivity index (χ4n) is 4.32.